The van der Waals surface area contributed by atoms with E-state index in [9.17, 15) is 4.79 Å². The molecule has 1 amide bonds. The third-order valence-electron chi connectivity index (χ3n) is 4.04. The Balaban J connectivity index is 1.72. The summed E-state index contributed by atoms with van der Waals surface area (Å²) < 4.78 is -0.538. The SMILES string of the molecule is CSC(C)(CCCCCc1ccc(-c2cccs2)s1)C(=O)NO. The highest BCUT2D eigenvalue weighted by Gasteiger charge is 2.31. The first kappa shape index (κ1) is 18.5. The minimum Gasteiger partial charge on any atom is -0.289 e. The van der Waals surface area contributed by atoms with E-state index in [4.69, 9.17) is 5.21 Å². The number of rotatable bonds is 9. The van der Waals surface area contributed by atoms with Crippen LogP contribution >= 0.6 is 34.4 Å². The van der Waals surface area contributed by atoms with Gasteiger partial charge in [-0.3, -0.25) is 10.0 Å². The zero-order chi connectivity index (χ0) is 16.7. The molecule has 0 aliphatic heterocycles. The van der Waals surface area contributed by atoms with Gasteiger partial charge in [0.2, 0.25) is 0 Å². The van der Waals surface area contributed by atoms with Gasteiger partial charge in [-0.2, -0.15) is 0 Å². The number of unbranched alkanes of at least 4 members (excludes halogenated alkanes) is 2. The summed E-state index contributed by atoms with van der Waals surface area (Å²) in [5, 5.41) is 10.9. The molecule has 0 aliphatic rings. The first-order chi connectivity index (χ1) is 11.1. The number of hydrogen-bond donors (Lipinski definition) is 2. The van der Waals surface area contributed by atoms with Gasteiger partial charge in [0.25, 0.3) is 5.91 Å². The molecule has 0 aromatic carbocycles. The molecule has 126 valence electrons. The lowest BCUT2D eigenvalue weighted by Gasteiger charge is -2.24. The van der Waals surface area contributed by atoms with Crippen LogP contribution in [-0.2, 0) is 11.2 Å². The van der Waals surface area contributed by atoms with Crippen LogP contribution in [0.25, 0.3) is 9.75 Å². The predicted molar refractivity (Wildman–Crippen MR) is 102 cm³/mol. The van der Waals surface area contributed by atoms with E-state index >= 15 is 0 Å². The van der Waals surface area contributed by atoms with Crippen LogP contribution in [-0.4, -0.2) is 22.1 Å². The Bertz CT molecular complexity index is 609. The standard InChI is InChI=1S/C17H23NO2S3/c1-17(21-2,16(19)18-20)11-5-3-4-7-13-9-10-15(23-13)14-8-6-12-22-14/h6,8-10,12,20H,3-5,7,11H2,1-2H3,(H,18,19). The van der Waals surface area contributed by atoms with Gasteiger partial charge in [0.15, 0.2) is 0 Å². The predicted octanol–water partition coefficient (Wildman–Crippen LogP) is 5.21. The Morgan fingerprint density at radius 2 is 2.09 bits per heavy atom. The highest BCUT2D eigenvalue weighted by atomic mass is 32.2. The van der Waals surface area contributed by atoms with Crippen molar-refractivity contribution in [3.8, 4) is 9.75 Å². The number of hydrogen-bond acceptors (Lipinski definition) is 5. The molecular weight excluding hydrogens is 346 g/mol. The molecule has 0 radical (unpaired) electrons. The van der Waals surface area contributed by atoms with Crippen LogP contribution in [0, 0.1) is 0 Å². The van der Waals surface area contributed by atoms with E-state index in [0.717, 1.165) is 32.1 Å². The molecule has 6 heteroatoms. The van der Waals surface area contributed by atoms with Gasteiger partial charge in [0.05, 0.1) is 4.75 Å². The van der Waals surface area contributed by atoms with Crippen molar-refractivity contribution in [3.05, 3.63) is 34.5 Å². The molecule has 23 heavy (non-hydrogen) atoms. The van der Waals surface area contributed by atoms with Gasteiger partial charge in [-0.1, -0.05) is 18.9 Å². The molecule has 3 nitrogen and oxygen atoms in total. The molecule has 0 saturated heterocycles. The molecule has 2 aromatic heterocycles. The topological polar surface area (TPSA) is 49.3 Å². The number of thioether (sulfide) groups is 1. The van der Waals surface area contributed by atoms with Crippen LogP contribution in [0.3, 0.4) is 0 Å². The van der Waals surface area contributed by atoms with Crippen molar-refractivity contribution in [1.82, 2.24) is 5.48 Å². The van der Waals surface area contributed by atoms with E-state index in [1.807, 2.05) is 24.5 Å². The lowest BCUT2D eigenvalue weighted by atomic mass is 10.0. The second kappa shape index (κ2) is 8.87. The maximum absolute atomic E-state index is 11.7. The monoisotopic (exact) mass is 369 g/mol. The van der Waals surface area contributed by atoms with Gasteiger partial charge in [-0.05, 0) is 56.0 Å². The average molecular weight is 370 g/mol. The van der Waals surface area contributed by atoms with E-state index in [1.54, 1.807) is 16.8 Å². The smallest absolute Gasteiger partial charge is 0.259 e. The van der Waals surface area contributed by atoms with Crippen molar-refractivity contribution in [2.45, 2.75) is 43.8 Å². The fraction of sp³-hybridized carbons (Fsp3) is 0.471. The fourth-order valence-electron chi connectivity index (χ4n) is 2.43. The Labute approximate surface area is 150 Å². The summed E-state index contributed by atoms with van der Waals surface area (Å²) in [4.78, 5) is 15.8. The Kier molecular flexibility index (Phi) is 7.14. The van der Waals surface area contributed by atoms with Gasteiger partial charge >= 0.3 is 0 Å². The lowest BCUT2D eigenvalue weighted by Crippen LogP contribution is -2.40. The van der Waals surface area contributed by atoms with E-state index in [2.05, 4.69) is 29.6 Å². The summed E-state index contributed by atoms with van der Waals surface area (Å²) in [7, 11) is 0. The number of carbonyl (C=O) groups excluding carboxylic acids is 1. The Morgan fingerprint density at radius 3 is 2.74 bits per heavy atom. The second-order valence-corrected chi connectivity index (χ2v) is 9.11. The maximum atomic E-state index is 11.7. The zero-order valence-electron chi connectivity index (χ0n) is 13.5. The van der Waals surface area contributed by atoms with Crippen molar-refractivity contribution in [1.29, 1.82) is 0 Å². The third kappa shape index (κ3) is 5.08. The van der Waals surface area contributed by atoms with Crippen molar-refractivity contribution in [2.24, 2.45) is 0 Å². The highest BCUT2D eigenvalue weighted by Crippen LogP contribution is 2.32. The minimum absolute atomic E-state index is 0.302. The molecule has 2 aromatic rings. The normalized spacial score (nSPS) is 13.7. The van der Waals surface area contributed by atoms with Crippen LogP contribution in [0.1, 0.15) is 37.5 Å². The Hall–Kier alpha value is -0.820. The van der Waals surface area contributed by atoms with Crippen molar-refractivity contribution < 1.29 is 10.0 Å². The zero-order valence-corrected chi connectivity index (χ0v) is 16.0. The van der Waals surface area contributed by atoms with Crippen LogP contribution in [0.15, 0.2) is 29.6 Å². The van der Waals surface area contributed by atoms with Gasteiger partial charge < -0.3 is 0 Å². The van der Waals surface area contributed by atoms with Gasteiger partial charge in [0, 0.05) is 14.6 Å². The third-order valence-corrected chi connectivity index (χ3v) is 7.54. The summed E-state index contributed by atoms with van der Waals surface area (Å²) in [5.74, 6) is -0.302. The molecule has 0 spiro atoms. The number of carbonyl (C=O) groups is 1. The van der Waals surface area contributed by atoms with Crippen LogP contribution < -0.4 is 5.48 Å². The van der Waals surface area contributed by atoms with E-state index < -0.39 is 4.75 Å². The Morgan fingerprint density at radius 1 is 1.26 bits per heavy atom. The van der Waals surface area contributed by atoms with E-state index in [1.165, 1.54) is 26.4 Å². The molecule has 2 rings (SSSR count). The summed E-state index contributed by atoms with van der Waals surface area (Å²) >= 11 is 5.15. The second-order valence-electron chi connectivity index (χ2n) is 5.68. The number of hydroxylamine groups is 1. The molecule has 1 atom stereocenters. The maximum Gasteiger partial charge on any atom is 0.259 e. The molecule has 2 heterocycles. The van der Waals surface area contributed by atoms with Gasteiger partial charge in [-0.25, -0.2) is 5.48 Å². The summed E-state index contributed by atoms with van der Waals surface area (Å²) in [6, 6.07) is 8.69. The van der Waals surface area contributed by atoms with Gasteiger partial charge in [-0.15, -0.1) is 34.4 Å². The molecule has 0 bridgehead atoms. The molecule has 1 unspecified atom stereocenters. The van der Waals surface area contributed by atoms with Crippen LogP contribution in [0.5, 0.6) is 0 Å². The first-order valence-corrected chi connectivity index (χ1v) is 10.6. The van der Waals surface area contributed by atoms with Crippen LogP contribution in [0.4, 0.5) is 0 Å². The first-order valence-electron chi connectivity index (χ1n) is 7.71. The summed E-state index contributed by atoms with van der Waals surface area (Å²) in [6.07, 6.45) is 7.02. The minimum atomic E-state index is -0.538. The van der Waals surface area contributed by atoms with Gasteiger partial charge in [0.1, 0.15) is 0 Å². The van der Waals surface area contributed by atoms with E-state index in [0.29, 0.717) is 0 Å². The molecule has 2 N–H and O–H groups in total. The molecule has 0 saturated carbocycles. The largest absolute Gasteiger partial charge is 0.289 e. The van der Waals surface area contributed by atoms with E-state index in [-0.39, 0.29) is 5.91 Å². The number of amides is 1. The molecule has 0 fully saturated rings. The molecule has 0 aliphatic carbocycles. The lowest BCUT2D eigenvalue weighted by molar-refractivity contribution is -0.131. The number of nitrogens with one attached hydrogen (secondary N) is 1. The fourth-order valence-corrected chi connectivity index (χ4v) is 4.89. The summed E-state index contributed by atoms with van der Waals surface area (Å²) in [5.41, 5.74) is 1.78. The van der Waals surface area contributed by atoms with Crippen LogP contribution in [0.2, 0.25) is 0 Å². The van der Waals surface area contributed by atoms with Crippen molar-refractivity contribution in [3.63, 3.8) is 0 Å². The number of thiophene rings is 2. The number of aryl methyl sites for hydroxylation is 1. The average Bonchev–Trinajstić information content (AvgIpc) is 3.24. The van der Waals surface area contributed by atoms with Crippen molar-refractivity contribution >= 4 is 40.3 Å². The van der Waals surface area contributed by atoms with Crippen molar-refractivity contribution in [2.75, 3.05) is 6.26 Å². The summed E-state index contributed by atoms with van der Waals surface area (Å²) in [6.45, 7) is 1.88. The molecular formula is C17H23NO2S3. The highest BCUT2D eigenvalue weighted by molar-refractivity contribution is 8.00. The quantitative estimate of drug-likeness (QED) is 0.362.